The zero-order valence-electron chi connectivity index (χ0n) is 9.68. The number of methoxy groups -OCH3 is 1. The zero-order chi connectivity index (χ0) is 13.0. The Kier molecular flexibility index (Phi) is 3.94. The molecule has 2 rings (SSSR count). The van der Waals surface area contributed by atoms with Gasteiger partial charge in [0.2, 0.25) is 0 Å². The van der Waals surface area contributed by atoms with Crippen LogP contribution in [0.3, 0.4) is 0 Å². The Labute approximate surface area is 113 Å². The Balaban J connectivity index is 2.25. The third-order valence-electron chi connectivity index (χ3n) is 2.37. The predicted molar refractivity (Wildman–Crippen MR) is 72.9 cm³/mol. The average Bonchev–Trinajstić information content (AvgIpc) is 2.41. The molecule has 0 bridgehead atoms. The molecule has 1 amide bonds. The molecule has 0 radical (unpaired) electrons. The van der Waals surface area contributed by atoms with Gasteiger partial charge in [-0.15, -0.1) is 0 Å². The molecular weight excluding hydrogens is 296 g/mol. The number of hydrogen-bond donors (Lipinski definition) is 1. The number of anilines is 1. The standard InChI is InChI=1S/C13H11BrN2O2/c1-18-12-5-3-2-4-9(12)13(17)16-11-6-7-15-8-10(11)14/h2-8H,1H3,(H,15,16,17). The van der Waals surface area contributed by atoms with Gasteiger partial charge in [0, 0.05) is 12.4 Å². The van der Waals surface area contributed by atoms with Crippen molar-refractivity contribution in [3.63, 3.8) is 0 Å². The first-order valence-corrected chi connectivity index (χ1v) is 6.05. The van der Waals surface area contributed by atoms with E-state index < -0.39 is 0 Å². The number of nitrogens with one attached hydrogen (secondary N) is 1. The monoisotopic (exact) mass is 306 g/mol. The Hall–Kier alpha value is -1.88. The molecule has 4 nitrogen and oxygen atoms in total. The molecule has 0 saturated carbocycles. The number of carbonyl (C=O) groups excluding carboxylic acids is 1. The lowest BCUT2D eigenvalue weighted by Gasteiger charge is -2.09. The van der Waals surface area contributed by atoms with Crippen molar-refractivity contribution in [3.8, 4) is 5.75 Å². The Morgan fingerprint density at radius 3 is 2.83 bits per heavy atom. The van der Waals surface area contributed by atoms with Gasteiger partial charge in [-0.25, -0.2) is 0 Å². The number of para-hydroxylation sites is 1. The number of carbonyl (C=O) groups is 1. The van der Waals surface area contributed by atoms with E-state index in [9.17, 15) is 4.79 Å². The van der Waals surface area contributed by atoms with Crippen LogP contribution in [0.5, 0.6) is 5.75 Å². The fraction of sp³-hybridized carbons (Fsp3) is 0.0769. The van der Waals surface area contributed by atoms with Gasteiger partial charge in [0.05, 0.1) is 22.8 Å². The minimum absolute atomic E-state index is 0.223. The summed E-state index contributed by atoms with van der Waals surface area (Å²) in [6, 6.07) is 8.79. The molecule has 0 aliphatic rings. The molecule has 0 aliphatic carbocycles. The van der Waals surface area contributed by atoms with Gasteiger partial charge in [-0.2, -0.15) is 0 Å². The summed E-state index contributed by atoms with van der Waals surface area (Å²) in [6.07, 6.45) is 3.24. The van der Waals surface area contributed by atoms with Crippen molar-refractivity contribution in [2.75, 3.05) is 12.4 Å². The van der Waals surface area contributed by atoms with Crippen molar-refractivity contribution in [1.82, 2.24) is 4.98 Å². The highest BCUT2D eigenvalue weighted by Gasteiger charge is 2.12. The summed E-state index contributed by atoms with van der Waals surface area (Å²) < 4.78 is 5.88. The number of pyridine rings is 1. The third-order valence-corrected chi connectivity index (χ3v) is 3.00. The van der Waals surface area contributed by atoms with Crippen LogP contribution >= 0.6 is 15.9 Å². The molecule has 18 heavy (non-hydrogen) atoms. The molecular formula is C13H11BrN2O2. The van der Waals surface area contributed by atoms with E-state index >= 15 is 0 Å². The smallest absolute Gasteiger partial charge is 0.259 e. The first kappa shape index (κ1) is 12.6. The second-order valence-corrected chi connectivity index (χ2v) is 4.36. The van der Waals surface area contributed by atoms with Crippen molar-refractivity contribution >= 4 is 27.5 Å². The first-order chi connectivity index (χ1) is 8.72. The molecule has 92 valence electrons. The number of ether oxygens (including phenoxy) is 1. The van der Waals surface area contributed by atoms with Crippen LogP contribution in [0.1, 0.15) is 10.4 Å². The average molecular weight is 307 g/mol. The van der Waals surface area contributed by atoms with Crippen molar-refractivity contribution in [2.24, 2.45) is 0 Å². The lowest BCUT2D eigenvalue weighted by Crippen LogP contribution is -2.13. The minimum atomic E-state index is -0.223. The van der Waals surface area contributed by atoms with E-state index in [1.54, 1.807) is 36.7 Å². The van der Waals surface area contributed by atoms with Gasteiger partial charge in [-0.3, -0.25) is 9.78 Å². The largest absolute Gasteiger partial charge is 0.496 e. The molecule has 1 heterocycles. The second-order valence-electron chi connectivity index (χ2n) is 3.51. The molecule has 5 heteroatoms. The highest BCUT2D eigenvalue weighted by Crippen LogP contribution is 2.23. The molecule has 0 unspecified atom stereocenters. The summed E-state index contributed by atoms with van der Waals surface area (Å²) in [5.41, 5.74) is 1.16. The maximum atomic E-state index is 12.1. The van der Waals surface area contributed by atoms with Crippen LogP contribution < -0.4 is 10.1 Å². The number of rotatable bonds is 3. The lowest BCUT2D eigenvalue weighted by atomic mass is 10.2. The number of halogens is 1. The number of hydrogen-bond acceptors (Lipinski definition) is 3. The van der Waals surface area contributed by atoms with Crippen LogP contribution in [0.15, 0.2) is 47.2 Å². The van der Waals surface area contributed by atoms with E-state index in [-0.39, 0.29) is 5.91 Å². The number of nitrogens with zero attached hydrogens (tertiary/aromatic N) is 1. The predicted octanol–water partition coefficient (Wildman–Crippen LogP) is 3.11. The lowest BCUT2D eigenvalue weighted by molar-refractivity contribution is 0.102. The van der Waals surface area contributed by atoms with Crippen molar-refractivity contribution in [2.45, 2.75) is 0 Å². The molecule has 0 aliphatic heterocycles. The Morgan fingerprint density at radius 1 is 1.33 bits per heavy atom. The molecule has 1 aromatic heterocycles. The zero-order valence-corrected chi connectivity index (χ0v) is 11.3. The highest BCUT2D eigenvalue weighted by molar-refractivity contribution is 9.10. The maximum absolute atomic E-state index is 12.1. The molecule has 0 saturated heterocycles. The molecule has 1 aromatic carbocycles. The molecule has 2 aromatic rings. The molecule has 0 spiro atoms. The normalized spacial score (nSPS) is 9.89. The van der Waals surface area contributed by atoms with Crippen molar-refractivity contribution < 1.29 is 9.53 Å². The van der Waals surface area contributed by atoms with Gasteiger partial charge >= 0.3 is 0 Å². The third kappa shape index (κ3) is 2.68. The van der Waals surface area contributed by atoms with Gasteiger partial charge in [0.25, 0.3) is 5.91 Å². The quantitative estimate of drug-likeness (QED) is 0.948. The number of amides is 1. The van der Waals surface area contributed by atoms with Crippen LogP contribution in [0.2, 0.25) is 0 Å². The van der Waals surface area contributed by atoms with Gasteiger partial charge < -0.3 is 10.1 Å². The minimum Gasteiger partial charge on any atom is -0.496 e. The topological polar surface area (TPSA) is 51.2 Å². The van der Waals surface area contributed by atoms with E-state index in [1.165, 1.54) is 7.11 Å². The first-order valence-electron chi connectivity index (χ1n) is 5.26. The van der Waals surface area contributed by atoms with Gasteiger partial charge in [0.15, 0.2) is 0 Å². The summed E-state index contributed by atoms with van der Waals surface area (Å²) in [5.74, 6) is 0.319. The van der Waals surface area contributed by atoms with E-state index in [1.807, 2.05) is 6.07 Å². The SMILES string of the molecule is COc1ccccc1C(=O)Nc1ccncc1Br. The summed E-state index contributed by atoms with van der Waals surface area (Å²) in [7, 11) is 1.54. The molecule has 0 fully saturated rings. The summed E-state index contributed by atoms with van der Waals surface area (Å²) in [5, 5.41) is 2.80. The van der Waals surface area contributed by atoms with Crippen molar-refractivity contribution in [1.29, 1.82) is 0 Å². The number of benzene rings is 1. The Morgan fingerprint density at radius 2 is 2.11 bits per heavy atom. The van der Waals surface area contributed by atoms with Crippen LogP contribution in [-0.4, -0.2) is 18.0 Å². The van der Waals surface area contributed by atoms with Gasteiger partial charge in [-0.1, -0.05) is 12.1 Å². The van der Waals surface area contributed by atoms with Crippen LogP contribution in [0, 0.1) is 0 Å². The van der Waals surface area contributed by atoms with E-state index in [2.05, 4.69) is 26.2 Å². The van der Waals surface area contributed by atoms with Gasteiger partial charge in [-0.05, 0) is 34.1 Å². The van der Waals surface area contributed by atoms with E-state index in [0.717, 1.165) is 4.47 Å². The number of aromatic nitrogens is 1. The van der Waals surface area contributed by atoms with E-state index in [4.69, 9.17) is 4.74 Å². The fourth-order valence-electron chi connectivity index (χ4n) is 1.50. The summed E-state index contributed by atoms with van der Waals surface area (Å²) >= 11 is 3.32. The molecule has 1 N–H and O–H groups in total. The van der Waals surface area contributed by atoms with Crippen molar-refractivity contribution in [3.05, 3.63) is 52.8 Å². The molecule has 0 atom stereocenters. The van der Waals surface area contributed by atoms with Crippen LogP contribution in [-0.2, 0) is 0 Å². The van der Waals surface area contributed by atoms with E-state index in [0.29, 0.717) is 17.0 Å². The summed E-state index contributed by atoms with van der Waals surface area (Å²) in [4.78, 5) is 16.0. The maximum Gasteiger partial charge on any atom is 0.259 e. The second kappa shape index (κ2) is 5.64. The fourth-order valence-corrected chi connectivity index (χ4v) is 1.85. The summed E-state index contributed by atoms with van der Waals surface area (Å²) in [6.45, 7) is 0. The highest BCUT2D eigenvalue weighted by atomic mass is 79.9. The van der Waals surface area contributed by atoms with Gasteiger partial charge in [0.1, 0.15) is 5.75 Å². The Bertz CT molecular complexity index is 572. The van der Waals surface area contributed by atoms with Crippen LogP contribution in [0.25, 0.3) is 0 Å². The van der Waals surface area contributed by atoms with Crippen LogP contribution in [0.4, 0.5) is 5.69 Å².